The number of hydrogen-bond donors (Lipinski definition) is 7. The van der Waals surface area contributed by atoms with E-state index < -0.39 is 60.2 Å². The minimum absolute atomic E-state index is 0.0125. The third-order valence-corrected chi connectivity index (χ3v) is 5.18. The Morgan fingerprint density at radius 2 is 1.44 bits per heavy atom. The van der Waals surface area contributed by atoms with Crippen LogP contribution in [0.1, 0.15) is 32.3 Å². The van der Waals surface area contributed by atoms with Gasteiger partial charge in [0.15, 0.2) is 0 Å². The average molecular weight is 496 g/mol. The zero-order valence-corrected chi connectivity index (χ0v) is 20.1. The largest absolute Gasteiger partial charge is 0.480 e. The topological polar surface area (TPSA) is 194 Å². The van der Waals surface area contributed by atoms with Gasteiger partial charge in [0.25, 0.3) is 0 Å². The summed E-state index contributed by atoms with van der Waals surface area (Å²) in [5.74, 6) is -4.25. The predicted octanol–water partition coefficient (Wildman–Crippen LogP) is -1.05. The number of rotatable bonds is 14. The van der Waals surface area contributed by atoms with Gasteiger partial charge in [-0.2, -0.15) is 12.6 Å². The second kappa shape index (κ2) is 14.2. The van der Waals surface area contributed by atoms with Crippen molar-refractivity contribution in [3.63, 3.8) is 0 Å². The normalized spacial score (nSPS) is 14.4. The molecule has 4 atom stereocenters. The van der Waals surface area contributed by atoms with Crippen LogP contribution in [0, 0.1) is 5.92 Å². The van der Waals surface area contributed by atoms with E-state index in [9.17, 15) is 29.1 Å². The van der Waals surface area contributed by atoms with Crippen LogP contribution < -0.4 is 27.4 Å². The Bertz CT molecular complexity index is 867. The lowest BCUT2D eigenvalue weighted by Crippen LogP contribution is -2.58. The van der Waals surface area contributed by atoms with E-state index in [4.69, 9.17) is 11.5 Å². The van der Waals surface area contributed by atoms with Gasteiger partial charge in [-0.25, -0.2) is 4.79 Å². The third kappa shape index (κ3) is 10.2. The molecule has 0 aliphatic rings. The van der Waals surface area contributed by atoms with Crippen molar-refractivity contribution in [2.75, 3.05) is 5.75 Å². The number of aliphatic carboxylic acids is 1. The highest BCUT2D eigenvalue weighted by atomic mass is 32.1. The van der Waals surface area contributed by atoms with E-state index in [-0.39, 0.29) is 24.5 Å². The molecular formula is C22H33N5O6S. The maximum Gasteiger partial charge on any atom is 0.326 e. The monoisotopic (exact) mass is 495 g/mol. The number of carboxylic acids is 1. The fourth-order valence-electron chi connectivity index (χ4n) is 3.08. The number of carbonyl (C=O) groups is 5. The summed E-state index contributed by atoms with van der Waals surface area (Å²) in [7, 11) is 0. The van der Waals surface area contributed by atoms with Crippen LogP contribution in [0.5, 0.6) is 0 Å². The summed E-state index contributed by atoms with van der Waals surface area (Å²) in [6, 6.07) is 4.18. The molecule has 1 aromatic rings. The highest BCUT2D eigenvalue weighted by molar-refractivity contribution is 7.80. The first-order valence-corrected chi connectivity index (χ1v) is 11.4. The van der Waals surface area contributed by atoms with Gasteiger partial charge >= 0.3 is 5.97 Å². The zero-order chi connectivity index (χ0) is 25.8. The van der Waals surface area contributed by atoms with Gasteiger partial charge in [-0.3, -0.25) is 19.2 Å². The second-order valence-electron chi connectivity index (χ2n) is 8.30. The number of carboxylic acid groups (broad SMARTS) is 1. The lowest BCUT2D eigenvalue weighted by Gasteiger charge is -2.25. The van der Waals surface area contributed by atoms with E-state index in [1.807, 2.05) is 13.8 Å². The van der Waals surface area contributed by atoms with Crippen molar-refractivity contribution in [1.82, 2.24) is 16.0 Å². The Hall–Kier alpha value is -3.12. The summed E-state index contributed by atoms with van der Waals surface area (Å²) < 4.78 is 0. The number of carbonyl (C=O) groups excluding carboxylic acids is 4. The summed E-state index contributed by atoms with van der Waals surface area (Å²) in [4.78, 5) is 60.5. The molecule has 0 aliphatic heterocycles. The molecule has 0 saturated heterocycles. The quantitative estimate of drug-likeness (QED) is 0.160. The molecule has 0 radical (unpaired) electrons. The maximum absolute atomic E-state index is 12.9. The van der Waals surface area contributed by atoms with Crippen LogP contribution in [0.25, 0.3) is 0 Å². The summed E-state index contributed by atoms with van der Waals surface area (Å²) in [5.41, 5.74) is 11.4. The number of hydrogen-bond acceptors (Lipinski definition) is 7. The fourth-order valence-corrected chi connectivity index (χ4v) is 3.34. The SMILES string of the molecule is CC(C)CC(NC(=O)C(CS)NC(=O)C(N)CC(N)=O)C(=O)NC(Cc1ccccc1)C(=O)O. The van der Waals surface area contributed by atoms with E-state index in [1.165, 1.54) is 0 Å². The minimum Gasteiger partial charge on any atom is -0.480 e. The van der Waals surface area contributed by atoms with Gasteiger partial charge in [-0.1, -0.05) is 44.2 Å². The van der Waals surface area contributed by atoms with E-state index in [2.05, 4.69) is 28.6 Å². The number of benzene rings is 1. The Morgan fingerprint density at radius 1 is 0.912 bits per heavy atom. The van der Waals surface area contributed by atoms with E-state index in [0.717, 1.165) is 5.56 Å². The summed E-state index contributed by atoms with van der Waals surface area (Å²) in [6.45, 7) is 3.68. The Labute approximate surface area is 203 Å². The zero-order valence-electron chi connectivity index (χ0n) is 19.2. The van der Waals surface area contributed by atoms with Gasteiger partial charge in [0, 0.05) is 12.2 Å². The maximum atomic E-state index is 12.9. The van der Waals surface area contributed by atoms with Gasteiger partial charge in [0.2, 0.25) is 23.6 Å². The van der Waals surface area contributed by atoms with Crippen molar-refractivity contribution in [3.05, 3.63) is 35.9 Å². The molecule has 4 amide bonds. The molecule has 0 fully saturated rings. The lowest BCUT2D eigenvalue weighted by molar-refractivity contribution is -0.142. The second-order valence-corrected chi connectivity index (χ2v) is 8.67. The van der Waals surface area contributed by atoms with Crippen LogP contribution in [0.3, 0.4) is 0 Å². The van der Waals surface area contributed by atoms with Crippen LogP contribution in [0.2, 0.25) is 0 Å². The molecular weight excluding hydrogens is 462 g/mol. The summed E-state index contributed by atoms with van der Waals surface area (Å²) in [6.07, 6.45) is -0.107. The van der Waals surface area contributed by atoms with E-state index in [1.54, 1.807) is 30.3 Å². The van der Waals surface area contributed by atoms with Gasteiger partial charge in [0.05, 0.1) is 12.5 Å². The minimum atomic E-state index is -1.24. The van der Waals surface area contributed by atoms with Crippen LogP contribution in [-0.4, -0.2) is 64.6 Å². The van der Waals surface area contributed by atoms with Gasteiger partial charge < -0.3 is 32.5 Å². The highest BCUT2D eigenvalue weighted by Gasteiger charge is 2.30. The third-order valence-electron chi connectivity index (χ3n) is 4.81. The molecule has 34 heavy (non-hydrogen) atoms. The van der Waals surface area contributed by atoms with E-state index in [0.29, 0.717) is 0 Å². The van der Waals surface area contributed by atoms with E-state index >= 15 is 0 Å². The van der Waals surface area contributed by atoms with Crippen molar-refractivity contribution < 1.29 is 29.1 Å². The Morgan fingerprint density at radius 3 is 1.94 bits per heavy atom. The molecule has 0 bridgehead atoms. The number of nitrogens with two attached hydrogens (primary N) is 2. The first-order chi connectivity index (χ1) is 15.9. The molecule has 1 aromatic carbocycles. The smallest absolute Gasteiger partial charge is 0.326 e. The van der Waals surface area contributed by atoms with Crippen LogP contribution >= 0.6 is 12.6 Å². The Kier molecular flexibility index (Phi) is 12.1. The Balaban J connectivity index is 2.90. The van der Waals surface area contributed by atoms with Crippen molar-refractivity contribution in [2.45, 2.75) is 57.3 Å². The molecule has 0 saturated carbocycles. The molecule has 8 N–H and O–H groups in total. The number of primary amides is 1. The summed E-state index contributed by atoms with van der Waals surface area (Å²) in [5, 5.41) is 17.0. The standard InChI is InChI=1S/C22H33N5O6S/c1-12(2)8-15(20(30)26-16(22(32)33)9-13-6-4-3-5-7-13)25-21(31)17(11-34)27-19(29)14(23)10-18(24)28/h3-7,12,14-17,34H,8-11,23H2,1-2H3,(H2,24,28)(H,25,31)(H,26,30)(H,27,29)(H,32,33). The van der Waals surface area contributed by atoms with Gasteiger partial charge in [-0.15, -0.1) is 0 Å². The number of nitrogens with one attached hydrogen (secondary N) is 3. The van der Waals surface area contributed by atoms with Crippen molar-refractivity contribution in [3.8, 4) is 0 Å². The van der Waals surface area contributed by atoms with Gasteiger partial charge in [-0.05, 0) is 17.9 Å². The molecule has 0 heterocycles. The van der Waals surface area contributed by atoms with Crippen molar-refractivity contribution in [1.29, 1.82) is 0 Å². The van der Waals surface area contributed by atoms with Crippen LogP contribution in [0.15, 0.2) is 30.3 Å². The van der Waals surface area contributed by atoms with Crippen molar-refractivity contribution in [2.24, 2.45) is 17.4 Å². The first-order valence-electron chi connectivity index (χ1n) is 10.8. The molecule has 0 aromatic heterocycles. The molecule has 1 rings (SSSR count). The molecule has 4 unspecified atom stereocenters. The number of amides is 4. The first kappa shape index (κ1) is 28.9. The summed E-state index contributed by atoms with van der Waals surface area (Å²) >= 11 is 4.06. The molecule has 12 heteroatoms. The van der Waals surface area contributed by atoms with Gasteiger partial charge in [0.1, 0.15) is 18.1 Å². The molecule has 0 spiro atoms. The fraction of sp³-hybridized carbons (Fsp3) is 0.500. The molecule has 188 valence electrons. The van der Waals surface area contributed by atoms with Crippen molar-refractivity contribution >= 4 is 42.2 Å². The lowest BCUT2D eigenvalue weighted by atomic mass is 10.0. The number of thiol groups is 1. The van der Waals surface area contributed by atoms with Crippen LogP contribution in [-0.2, 0) is 30.4 Å². The predicted molar refractivity (Wildman–Crippen MR) is 129 cm³/mol. The molecule has 11 nitrogen and oxygen atoms in total. The molecule has 0 aliphatic carbocycles. The van der Waals surface area contributed by atoms with Crippen LogP contribution in [0.4, 0.5) is 0 Å². The highest BCUT2D eigenvalue weighted by Crippen LogP contribution is 2.08. The average Bonchev–Trinajstić information content (AvgIpc) is 2.75.